The number of methoxy groups -OCH3 is 1. The summed E-state index contributed by atoms with van der Waals surface area (Å²) in [5.41, 5.74) is 0.209. The molecule has 1 aromatic rings. The second-order valence-corrected chi connectivity index (χ2v) is 5.34. The molecular formula is C16H21FO2. The molecule has 0 saturated heterocycles. The van der Waals surface area contributed by atoms with Crippen molar-refractivity contribution in [2.45, 2.75) is 39.0 Å². The van der Waals surface area contributed by atoms with Crippen LogP contribution in [-0.4, -0.2) is 12.9 Å². The van der Waals surface area contributed by atoms with E-state index >= 15 is 0 Å². The molecule has 1 aliphatic carbocycles. The van der Waals surface area contributed by atoms with Gasteiger partial charge in [-0.05, 0) is 43.7 Å². The maximum absolute atomic E-state index is 13.9. The quantitative estimate of drug-likeness (QED) is 0.760. The standard InChI is InChI=1S/C16H21FO2/c1-3-11-4-6-12(7-5-11)16(18)14-9-8-13(19-2)10-15(14)17/h8-12H,3-7H2,1-2H3. The fraction of sp³-hybridized carbons (Fsp3) is 0.562. The van der Waals surface area contributed by atoms with Gasteiger partial charge < -0.3 is 4.74 Å². The normalized spacial score (nSPS) is 23.1. The average molecular weight is 264 g/mol. The van der Waals surface area contributed by atoms with Gasteiger partial charge in [-0.15, -0.1) is 0 Å². The Kier molecular flexibility index (Phi) is 4.56. The molecule has 0 aromatic heterocycles. The number of Topliss-reactive ketones (excluding diaryl/α,β-unsaturated/α-hetero) is 1. The number of carbonyl (C=O) groups excluding carboxylic acids is 1. The molecule has 1 aromatic carbocycles. The molecule has 19 heavy (non-hydrogen) atoms. The summed E-state index contributed by atoms with van der Waals surface area (Å²) in [5, 5.41) is 0. The van der Waals surface area contributed by atoms with Crippen LogP contribution in [0, 0.1) is 17.7 Å². The van der Waals surface area contributed by atoms with E-state index in [0.717, 1.165) is 31.6 Å². The SMILES string of the molecule is CCC1CCC(C(=O)c2ccc(OC)cc2F)CC1. The molecule has 0 unspecified atom stereocenters. The lowest BCUT2D eigenvalue weighted by molar-refractivity contribution is 0.0867. The Morgan fingerprint density at radius 2 is 2.00 bits per heavy atom. The fourth-order valence-corrected chi connectivity index (χ4v) is 2.88. The second kappa shape index (κ2) is 6.18. The molecule has 2 rings (SSSR count). The summed E-state index contributed by atoms with van der Waals surface area (Å²) >= 11 is 0. The lowest BCUT2D eigenvalue weighted by atomic mass is 9.78. The maximum atomic E-state index is 13.9. The third-order valence-corrected chi connectivity index (χ3v) is 4.24. The van der Waals surface area contributed by atoms with Crippen molar-refractivity contribution in [2.75, 3.05) is 7.11 Å². The fourth-order valence-electron chi connectivity index (χ4n) is 2.88. The predicted molar refractivity (Wildman–Crippen MR) is 73.0 cm³/mol. The van der Waals surface area contributed by atoms with Crippen molar-refractivity contribution in [3.05, 3.63) is 29.6 Å². The smallest absolute Gasteiger partial charge is 0.168 e. The van der Waals surface area contributed by atoms with Gasteiger partial charge in [0.25, 0.3) is 0 Å². The summed E-state index contributed by atoms with van der Waals surface area (Å²) in [7, 11) is 1.49. The Hall–Kier alpha value is -1.38. The molecule has 0 spiro atoms. The van der Waals surface area contributed by atoms with Crippen LogP contribution < -0.4 is 4.74 Å². The molecule has 1 aliphatic rings. The molecule has 0 radical (unpaired) electrons. The van der Waals surface area contributed by atoms with Gasteiger partial charge in [-0.25, -0.2) is 4.39 Å². The Morgan fingerprint density at radius 3 is 2.53 bits per heavy atom. The number of hydrogen-bond acceptors (Lipinski definition) is 2. The number of ether oxygens (including phenoxy) is 1. The molecule has 0 heterocycles. The van der Waals surface area contributed by atoms with Crippen molar-refractivity contribution in [1.29, 1.82) is 0 Å². The summed E-state index contributed by atoms with van der Waals surface area (Å²) in [5.74, 6) is 0.663. The van der Waals surface area contributed by atoms with E-state index in [4.69, 9.17) is 4.74 Å². The van der Waals surface area contributed by atoms with Gasteiger partial charge in [-0.1, -0.05) is 13.3 Å². The number of ketones is 1. The van der Waals surface area contributed by atoms with Crippen LogP contribution in [-0.2, 0) is 0 Å². The molecule has 104 valence electrons. The van der Waals surface area contributed by atoms with Crippen molar-refractivity contribution in [3.63, 3.8) is 0 Å². The van der Waals surface area contributed by atoms with Gasteiger partial charge in [0.05, 0.1) is 12.7 Å². The average Bonchev–Trinajstić information content (AvgIpc) is 2.46. The van der Waals surface area contributed by atoms with Crippen LogP contribution in [0.2, 0.25) is 0 Å². The van der Waals surface area contributed by atoms with Crippen molar-refractivity contribution < 1.29 is 13.9 Å². The first-order valence-electron chi connectivity index (χ1n) is 7.03. The highest BCUT2D eigenvalue weighted by Crippen LogP contribution is 2.33. The second-order valence-electron chi connectivity index (χ2n) is 5.34. The molecular weight excluding hydrogens is 243 g/mol. The zero-order valence-corrected chi connectivity index (χ0v) is 11.6. The van der Waals surface area contributed by atoms with Crippen LogP contribution in [0.5, 0.6) is 5.75 Å². The first-order chi connectivity index (χ1) is 9.15. The molecule has 0 aliphatic heterocycles. The van der Waals surface area contributed by atoms with Crippen LogP contribution in [0.1, 0.15) is 49.4 Å². The minimum Gasteiger partial charge on any atom is -0.497 e. The van der Waals surface area contributed by atoms with Gasteiger partial charge in [-0.2, -0.15) is 0 Å². The molecule has 0 atom stereocenters. The zero-order valence-electron chi connectivity index (χ0n) is 11.6. The van der Waals surface area contributed by atoms with Gasteiger partial charge in [0.15, 0.2) is 5.78 Å². The molecule has 1 saturated carbocycles. The Morgan fingerprint density at radius 1 is 1.32 bits per heavy atom. The van der Waals surface area contributed by atoms with Crippen LogP contribution >= 0.6 is 0 Å². The van der Waals surface area contributed by atoms with E-state index in [1.165, 1.54) is 19.6 Å². The molecule has 1 fully saturated rings. The number of halogens is 1. The Balaban J connectivity index is 2.08. The van der Waals surface area contributed by atoms with Gasteiger partial charge in [0, 0.05) is 12.0 Å². The minimum absolute atomic E-state index is 0.00862. The molecule has 3 heteroatoms. The van der Waals surface area contributed by atoms with E-state index in [9.17, 15) is 9.18 Å². The van der Waals surface area contributed by atoms with Gasteiger partial charge >= 0.3 is 0 Å². The third-order valence-electron chi connectivity index (χ3n) is 4.24. The first-order valence-corrected chi connectivity index (χ1v) is 7.03. The van der Waals surface area contributed by atoms with Gasteiger partial charge in [0.2, 0.25) is 0 Å². The highest BCUT2D eigenvalue weighted by Gasteiger charge is 2.27. The minimum atomic E-state index is -0.470. The largest absolute Gasteiger partial charge is 0.497 e. The summed E-state index contributed by atoms with van der Waals surface area (Å²) in [6.07, 6.45) is 5.14. The Labute approximate surface area is 114 Å². The van der Waals surface area contributed by atoms with E-state index in [0.29, 0.717) is 5.75 Å². The third kappa shape index (κ3) is 3.14. The molecule has 0 N–H and O–H groups in total. The summed E-state index contributed by atoms with van der Waals surface area (Å²) < 4.78 is 18.8. The lowest BCUT2D eigenvalue weighted by Gasteiger charge is -2.26. The molecule has 0 bridgehead atoms. The molecule has 2 nitrogen and oxygen atoms in total. The number of rotatable bonds is 4. The summed E-state index contributed by atoms with van der Waals surface area (Å²) in [6, 6.07) is 4.47. The van der Waals surface area contributed by atoms with E-state index in [1.54, 1.807) is 12.1 Å². The van der Waals surface area contributed by atoms with E-state index in [1.807, 2.05) is 0 Å². The topological polar surface area (TPSA) is 26.3 Å². The number of benzene rings is 1. The lowest BCUT2D eigenvalue weighted by Crippen LogP contribution is -2.22. The number of carbonyl (C=O) groups is 1. The monoisotopic (exact) mass is 264 g/mol. The van der Waals surface area contributed by atoms with E-state index in [-0.39, 0.29) is 17.3 Å². The Bertz CT molecular complexity index is 448. The number of hydrogen-bond donors (Lipinski definition) is 0. The van der Waals surface area contributed by atoms with Crippen molar-refractivity contribution in [1.82, 2.24) is 0 Å². The first kappa shape index (κ1) is 14.0. The maximum Gasteiger partial charge on any atom is 0.168 e. The van der Waals surface area contributed by atoms with Crippen LogP contribution in [0.25, 0.3) is 0 Å². The van der Waals surface area contributed by atoms with Gasteiger partial charge in [-0.3, -0.25) is 4.79 Å². The van der Waals surface area contributed by atoms with Crippen LogP contribution in [0.3, 0.4) is 0 Å². The van der Waals surface area contributed by atoms with Crippen LogP contribution in [0.15, 0.2) is 18.2 Å². The van der Waals surface area contributed by atoms with E-state index in [2.05, 4.69) is 6.92 Å². The highest BCUT2D eigenvalue weighted by molar-refractivity contribution is 5.98. The van der Waals surface area contributed by atoms with Crippen LogP contribution in [0.4, 0.5) is 4.39 Å². The van der Waals surface area contributed by atoms with Crippen molar-refractivity contribution >= 4 is 5.78 Å². The van der Waals surface area contributed by atoms with Gasteiger partial charge in [0.1, 0.15) is 11.6 Å². The summed E-state index contributed by atoms with van der Waals surface area (Å²) in [6.45, 7) is 2.19. The predicted octanol–water partition coefficient (Wildman–Crippen LogP) is 4.23. The zero-order chi connectivity index (χ0) is 13.8. The summed E-state index contributed by atoms with van der Waals surface area (Å²) in [4.78, 5) is 12.3. The van der Waals surface area contributed by atoms with E-state index < -0.39 is 5.82 Å². The molecule has 0 amide bonds. The van der Waals surface area contributed by atoms with Crippen molar-refractivity contribution in [2.24, 2.45) is 11.8 Å². The highest BCUT2D eigenvalue weighted by atomic mass is 19.1. The van der Waals surface area contributed by atoms with Crippen molar-refractivity contribution in [3.8, 4) is 5.75 Å².